The number of hydrogen-bond acceptors (Lipinski definition) is 7. The average molecular weight is 535 g/mol. The molecule has 0 radical (unpaired) electrons. The molecule has 11 heteroatoms. The van der Waals surface area contributed by atoms with Crippen molar-refractivity contribution in [3.05, 3.63) is 60.9 Å². The van der Waals surface area contributed by atoms with E-state index in [4.69, 9.17) is 9.47 Å². The molecule has 0 saturated heterocycles. The summed E-state index contributed by atoms with van der Waals surface area (Å²) in [5.41, 5.74) is -2.68. The summed E-state index contributed by atoms with van der Waals surface area (Å²) in [6.45, 7) is 8.31. The minimum Gasteiger partial charge on any atom is -0.493 e. The topological polar surface area (TPSA) is 117 Å². The van der Waals surface area contributed by atoms with E-state index in [1.165, 1.54) is 36.6 Å². The highest BCUT2D eigenvalue weighted by Crippen LogP contribution is 2.30. The van der Waals surface area contributed by atoms with Crippen molar-refractivity contribution in [2.75, 3.05) is 13.2 Å². The Balaban J connectivity index is 2.22. The van der Waals surface area contributed by atoms with E-state index in [9.17, 15) is 28.7 Å². The molecule has 0 spiro atoms. The molecule has 1 N–H and O–H groups in total. The Morgan fingerprint density at radius 2 is 1.89 bits per heavy atom. The highest BCUT2D eigenvalue weighted by molar-refractivity contribution is 7.20. The van der Waals surface area contributed by atoms with Crippen LogP contribution in [0.1, 0.15) is 61.3 Å². The maximum absolute atomic E-state index is 14.1. The zero-order valence-electron chi connectivity index (χ0n) is 21.6. The molecule has 37 heavy (non-hydrogen) atoms. The number of carboxylic acid groups (broad SMARTS) is 1. The number of ether oxygens (including phenoxy) is 2. The van der Waals surface area contributed by atoms with E-state index in [-0.39, 0.29) is 34.7 Å². The Hall–Kier alpha value is -3.47. The molecule has 0 unspecified atom stereocenters. The van der Waals surface area contributed by atoms with Gasteiger partial charge in [-0.1, -0.05) is 13.3 Å². The number of carbonyl (C=O) groups excluding carboxylic acids is 1. The Morgan fingerprint density at radius 1 is 1.19 bits per heavy atom. The fourth-order valence-electron chi connectivity index (χ4n) is 3.97. The Labute approximate surface area is 217 Å². The minimum absolute atomic E-state index is 0.0128. The molecule has 0 bridgehead atoms. The number of carbonyl (C=O) groups is 2. The number of thiophene rings is 1. The molecule has 0 amide bonds. The lowest BCUT2D eigenvalue weighted by atomic mass is 10.1. The van der Waals surface area contributed by atoms with Gasteiger partial charge in [-0.15, -0.1) is 11.3 Å². The quantitative estimate of drug-likeness (QED) is 0.291. The first kappa shape index (κ1) is 28.1. The van der Waals surface area contributed by atoms with Gasteiger partial charge in [-0.2, -0.15) is 0 Å². The van der Waals surface area contributed by atoms with E-state index in [0.717, 1.165) is 24.2 Å². The number of halogens is 1. The predicted molar refractivity (Wildman–Crippen MR) is 139 cm³/mol. The number of aryl methyl sites for hydroxylation is 3. The minimum atomic E-state index is -1.87. The van der Waals surface area contributed by atoms with E-state index in [1.807, 2.05) is 6.92 Å². The molecular weight excluding hydrogens is 503 g/mol. The fraction of sp³-hybridized carbons (Fsp3) is 0.462. The van der Waals surface area contributed by atoms with Crippen LogP contribution in [0.5, 0.6) is 5.75 Å². The lowest BCUT2D eigenvalue weighted by molar-refractivity contribution is -0.146. The van der Waals surface area contributed by atoms with Crippen molar-refractivity contribution in [1.29, 1.82) is 0 Å². The van der Waals surface area contributed by atoms with Crippen molar-refractivity contribution in [1.82, 2.24) is 9.13 Å². The normalized spacial score (nSPS) is 11.6. The van der Waals surface area contributed by atoms with Gasteiger partial charge in [-0.25, -0.2) is 23.3 Å². The van der Waals surface area contributed by atoms with Gasteiger partial charge in [0.15, 0.2) is 0 Å². The number of unbranched alkanes of at least 4 members (excludes halogenated alkanes) is 1. The maximum Gasteiger partial charge on any atom is 0.348 e. The van der Waals surface area contributed by atoms with Crippen molar-refractivity contribution < 1.29 is 28.6 Å². The van der Waals surface area contributed by atoms with Crippen LogP contribution in [0.25, 0.3) is 10.2 Å². The fourth-order valence-corrected chi connectivity index (χ4v) is 5.18. The Kier molecular flexibility index (Phi) is 8.57. The van der Waals surface area contributed by atoms with Crippen LogP contribution in [0.2, 0.25) is 0 Å². The number of rotatable bonds is 11. The lowest BCUT2D eigenvalue weighted by Crippen LogP contribution is -2.52. The van der Waals surface area contributed by atoms with Gasteiger partial charge in [0.1, 0.15) is 26.8 Å². The molecule has 3 aromatic rings. The molecule has 3 rings (SSSR count). The van der Waals surface area contributed by atoms with Crippen LogP contribution < -0.4 is 16.0 Å². The Bertz CT molecular complexity index is 1450. The highest BCUT2D eigenvalue weighted by Gasteiger charge is 2.35. The molecule has 9 nitrogen and oxygen atoms in total. The van der Waals surface area contributed by atoms with E-state index in [1.54, 1.807) is 13.8 Å². The van der Waals surface area contributed by atoms with Gasteiger partial charge in [0.2, 0.25) is 0 Å². The summed E-state index contributed by atoms with van der Waals surface area (Å²) < 4.78 is 27.0. The van der Waals surface area contributed by atoms with E-state index >= 15 is 0 Å². The molecule has 0 aliphatic rings. The molecule has 0 fully saturated rings. The molecule has 2 heterocycles. The predicted octanol–water partition coefficient (Wildman–Crippen LogP) is 4.09. The molecule has 2 aromatic heterocycles. The number of nitrogens with zero attached hydrogens (tertiary/aromatic N) is 2. The average Bonchev–Trinajstić information content (AvgIpc) is 3.17. The number of esters is 1. The molecule has 0 aliphatic carbocycles. The zero-order chi connectivity index (χ0) is 27.5. The molecular formula is C26H31FN2O7S. The van der Waals surface area contributed by atoms with E-state index in [0.29, 0.717) is 28.1 Å². The second-order valence-electron chi connectivity index (χ2n) is 9.10. The molecule has 1 aromatic carbocycles. The van der Waals surface area contributed by atoms with Crippen LogP contribution in [-0.4, -0.2) is 39.4 Å². The van der Waals surface area contributed by atoms with Gasteiger partial charge in [0, 0.05) is 6.54 Å². The lowest BCUT2D eigenvalue weighted by Gasteiger charge is -2.23. The van der Waals surface area contributed by atoms with Gasteiger partial charge in [-0.05, 0) is 69.9 Å². The summed E-state index contributed by atoms with van der Waals surface area (Å²) in [6.07, 6.45) is 1.90. The van der Waals surface area contributed by atoms with Gasteiger partial charge in [0.05, 0.1) is 18.6 Å². The summed E-state index contributed by atoms with van der Waals surface area (Å²) in [6, 6.07) is 4.14. The third kappa shape index (κ3) is 5.46. The zero-order valence-corrected chi connectivity index (χ0v) is 22.4. The monoisotopic (exact) mass is 534 g/mol. The van der Waals surface area contributed by atoms with Gasteiger partial charge < -0.3 is 14.6 Å². The number of fused-ring (bicyclic) bond motifs is 1. The highest BCUT2D eigenvalue weighted by atomic mass is 32.1. The summed E-state index contributed by atoms with van der Waals surface area (Å²) in [5.74, 6) is -2.00. The van der Waals surface area contributed by atoms with Gasteiger partial charge >= 0.3 is 17.6 Å². The number of aromatic nitrogens is 2. The van der Waals surface area contributed by atoms with Crippen LogP contribution in [-0.2, 0) is 28.0 Å². The molecule has 0 atom stereocenters. The van der Waals surface area contributed by atoms with Crippen molar-refractivity contribution in [3.8, 4) is 5.75 Å². The van der Waals surface area contributed by atoms with Gasteiger partial charge in [-0.3, -0.25) is 9.36 Å². The first-order valence-electron chi connectivity index (χ1n) is 12.1. The third-order valence-corrected chi connectivity index (χ3v) is 7.43. The number of benzene rings is 1. The number of carboxylic acids is 1. The first-order valence-corrected chi connectivity index (χ1v) is 12.9. The van der Waals surface area contributed by atoms with Gasteiger partial charge in [0.25, 0.3) is 5.56 Å². The SMILES string of the molecule is CCCCOc1ccc(F)cc1CCn1c(=O)n(C(C)(C)C(=O)O)c(=O)c2c(C)c(C(=O)OCC)sc21. The van der Waals surface area contributed by atoms with E-state index < -0.39 is 34.5 Å². The number of aliphatic carboxylic acids is 1. The smallest absolute Gasteiger partial charge is 0.348 e. The standard InChI is InChI=1S/C26H31FN2O7S/c1-6-8-13-36-18-10-9-17(27)14-16(18)11-12-28-22-19(15(3)20(37-22)23(31)35-7-2)21(30)29(25(28)34)26(4,5)24(32)33/h9-10,14H,6-8,11-13H2,1-5H3,(H,32,33). The first-order chi connectivity index (χ1) is 17.4. The maximum atomic E-state index is 14.1. The molecule has 0 aliphatic heterocycles. The molecule has 0 saturated carbocycles. The van der Waals surface area contributed by atoms with Crippen molar-refractivity contribution in [3.63, 3.8) is 0 Å². The Morgan fingerprint density at radius 3 is 2.51 bits per heavy atom. The van der Waals surface area contributed by atoms with Crippen LogP contribution >= 0.6 is 11.3 Å². The number of hydrogen-bond donors (Lipinski definition) is 1. The second kappa shape index (κ2) is 11.3. The summed E-state index contributed by atoms with van der Waals surface area (Å²) in [4.78, 5) is 52.0. The van der Waals surface area contributed by atoms with Crippen LogP contribution in [0.15, 0.2) is 27.8 Å². The summed E-state index contributed by atoms with van der Waals surface area (Å²) in [7, 11) is 0. The third-order valence-electron chi connectivity index (χ3n) is 6.14. The van der Waals surface area contributed by atoms with Crippen LogP contribution in [0, 0.1) is 12.7 Å². The summed E-state index contributed by atoms with van der Waals surface area (Å²) in [5, 5.41) is 9.85. The van der Waals surface area contributed by atoms with Crippen molar-refractivity contribution >= 4 is 33.5 Å². The van der Waals surface area contributed by atoms with E-state index in [2.05, 4.69) is 0 Å². The largest absolute Gasteiger partial charge is 0.493 e. The molecule has 200 valence electrons. The summed E-state index contributed by atoms with van der Waals surface area (Å²) >= 11 is 0.936. The second-order valence-corrected chi connectivity index (χ2v) is 10.1. The van der Waals surface area contributed by atoms with Crippen molar-refractivity contribution in [2.24, 2.45) is 0 Å². The van der Waals surface area contributed by atoms with Crippen LogP contribution in [0.4, 0.5) is 4.39 Å². The van der Waals surface area contributed by atoms with Crippen molar-refractivity contribution in [2.45, 2.75) is 66.0 Å². The van der Waals surface area contributed by atoms with Crippen LogP contribution in [0.3, 0.4) is 0 Å².